The molecule has 2 saturated heterocycles. The molecule has 27 heavy (non-hydrogen) atoms. The summed E-state index contributed by atoms with van der Waals surface area (Å²) in [6, 6.07) is 3.03. The van der Waals surface area contributed by atoms with Crippen LogP contribution in [0.4, 0.5) is 4.39 Å². The average Bonchev–Trinajstić information content (AvgIpc) is 3.31. The predicted molar refractivity (Wildman–Crippen MR) is 100 cm³/mol. The van der Waals surface area contributed by atoms with E-state index in [1.165, 1.54) is 6.07 Å². The first kappa shape index (κ1) is 18.5. The van der Waals surface area contributed by atoms with Crippen molar-refractivity contribution >= 4 is 5.96 Å². The number of benzene rings is 1. The van der Waals surface area contributed by atoms with Gasteiger partial charge in [-0.25, -0.2) is 4.39 Å². The molecule has 2 fully saturated rings. The zero-order chi connectivity index (χ0) is 18.7. The van der Waals surface area contributed by atoms with E-state index in [0.717, 1.165) is 68.5 Å². The van der Waals surface area contributed by atoms with Crippen molar-refractivity contribution in [2.45, 2.75) is 32.8 Å². The van der Waals surface area contributed by atoms with E-state index in [1.54, 1.807) is 6.07 Å². The third-order valence-electron chi connectivity index (χ3n) is 5.65. The quantitative estimate of drug-likeness (QED) is 0.645. The number of aliphatic imine (C=N–C) groups is 1. The van der Waals surface area contributed by atoms with E-state index in [4.69, 9.17) is 19.2 Å². The maximum Gasteiger partial charge on any atom is 0.193 e. The van der Waals surface area contributed by atoms with Crippen LogP contribution in [0.2, 0.25) is 0 Å². The van der Waals surface area contributed by atoms with Gasteiger partial charge in [0, 0.05) is 43.8 Å². The van der Waals surface area contributed by atoms with Gasteiger partial charge in [0.25, 0.3) is 0 Å². The summed E-state index contributed by atoms with van der Waals surface area (Å²) in [7, 11) is 0. The average molecular weight is 377 g/mol. The highest BCUT2D eigenvalue weighted by Crippen LogP contribution is 2.38. The topological polar surface area (TPSA) is 55.3 Å². The Bertz CT molecular complexity index is 704. The molecule has 1 aromatic carbocycles. The third-order valence-corrected chi connectivity index (χ3v) is 5.65. The summed E-state index contributed by atoms with van der Waals surface area (Å²) in [5, 5.41) is 3.40. The molecule has 3 heterocycles. The molecule has 0 bridgehead atoms. The largest absolute Gasteiger partial charge is 0.467 e. The molecule has 0 aliphatic carbocycles. The van der Waals surface area contributed by atoms with Crippen LogP contribution in [0, 0.1) is 11.2 Å². The summed E-state index contributed by atoms with van der Waals surface area (Å²) in [4.78, 5) is 7.14. The number of hydrogen-bond acceptors (Lipinski definition) is 4. The van der Waals surface area contributed by atoms with Crippen LogP contribution in [-0.2, 0) is 22.5 Å². The molecule has 0 amide bonds. The Morgan fingerprint density at radius 1 is 1.33 bits per heavy atom. The van der Waals surface area contributed by atoms with E-state index in [2.05, 4.69) is 17.1 Å². The third kappa shape index (κ3) is 4.04. The zero-order valence-corrected chi connectivity index (χ0v) is 15.9. The fourth-order valence-corrected chi connectivity index (χ4v) is 4.24. The van der Waals surface area contributed by atoms with Gasteiger partial charge < -0.3 is 24.4 Å². The lowest BCUT2D eigenvalue weighted by atomic mass is 9.87. The number of halogens is 1. The number of hydrogen-bond donors (Lipinski definition) is 1. The van der Waals surface area contributed by atoms with Crippen molar-refractivity contribution < 1.29 is 18.6 Å². The summed E-state index contributed by atoms with van der Waals surface area (Å²) in [6.45, 7) is 7.83. The minimum atomic E-state index is -0.253. The zero-order valence-electron chi connectivity index (χ0n) is 15.9. The van der Waals surface area contributed by atoms with Crippen molar-refractivity contribution in [2.24, 2.45) is 10.4 Å². The molecule has 1 spiro atoms. The summed E-state index contributed by atoms with van der Waals surface area (Å²) in [5.74, 6) is 1.44. The van der Waals surface area contributed by atoms with Gasteiger partial charge >= 0.3 is 0 Å². The lowest BCUT2D eigenvalue weighted by molar-refractivity contribution is -0.0172. The van der Waals surface area contributed by atoms with Gasteiger partial charge in [-0.3, -0.25) is 4.99 Å². The number of likely N-dealkylation sites (tertiary alicyclic amines) is 1. The number of fused-ring (bicyclic) bond motifs is 1. The van der Waals surface area contributed by atoms with E-state index in [9.17, 15) is 4.39 Å². The van der Waals surface area contributed by atoms with Gasteiger partial charge in [0.15, 0.2) is 12.8 Å². The van der Waals surface area contributed by atoms with E-state index in [-0.39, 0.29) is 12.6 Å². The van der Waals surface area contributed by atoms with Gasteiger partial charge in [0.1, 0.15) is 11.6 Å². The maximum atomic E-state index is 13.9. The highest BCUT2D eigenvalue weighted by molar-refractivity contribution is 5.80. The highest BCUT2D eigenvalue weighted by atomic mass is 19.1. The van der Waals surface area contributed by atoms with Gasteiger partial charge in [-0.05, 0) is 43.9 Å². The number of ether oxygens (including phenoxy) is 3. The van der Waals surface area contributed by atoms with E-state index >= 15 is 0 Å². The molecule has 7 heteroatoms. The molecule has 1 N–H and O–H groups in total. The van der Waals surface area contributed by atoms with Gasteiger partial charge in [-0.1, -0.05) is 0 Å². The molecule has 3 aliphatic heterocycles. The van der Waals surface area contributed by atoms with E-state index in [1.807, 2.05) is 0 Å². The van der Waals surface area contributed by atoms with E-state index in [0.29, 0.717) is 25.0 Å². The molecule has 1 atom stereocenters. The van der Waals surface area contributed by atoms with Crippen molar-refractivity contribution in [1.29, 1.82) is 0 Å². The first-order valence-corrected chi connectivity index (χ1v) is 9.82. The van der Waals surface area contributed by atoms with Crippen molar-refractivity contribution in [2.75, 3.05) is 46.2 Å². The molecule has 0 radical (unpaired) electrons. The Labute approximate surface area is 159 Å². The summed E-state index contributed by atoms with van der Waals surface area (Å²) in [6.07, 6.45) is 2.93. The molecular formula is C20H28FN3O3. The Morgan fingerprint density at radius 2 is 2.26 bits per heavy atom. The van der Waals surface area contributed by atoms with E-state index < -0.39 is 0 Å². The normalized spacial score (nSPS) is 25.0. The van der Waals surface area contributed by atoms with Gasteiger partial charge in [0.2, 0.25) is 0 Å². The number of guanidine groups is 1. The lowest BCUT2D eigenvalue weighted by Crippen LogP contribution is -2.41. The maximum absolute atomic E-state index is 13.9. The van der Waals surface area contributed by atoms with Gasteiger partial charge in [0.05, 0.1) is 13.2 Å². The minimum Gasteiger partial charge on any atom is -0.467 e. The standard InChI is InChI=1S/C20H28FN3O3/c1-2-22-19(24-7-4-20(12-24)5-8-25-13-20)23-6-3-15-9-17(21)10-16-11-26-14-27-18(15)16/h9-10H,2-8,11-14H2,1H3,(H,22,23). The van der Waals surface area contributed by atoms with Crippen molar-refractivity contribution in [3.63, 3.8) is 0 Å². The lowest BCUT2D eigenvalue weighted by Gasteiger charge is -2.25. The molecular weight excluding hydrogens is 349 g/mol. The van der Waals surface area contributed by atoms with Crippen LogP contribution >= 0.6 is 0 Å². The van der Waals surface area contributed by atoms with Crippen LogP contribution in [0.25, 0.3) is 0 Å². The second kappa shape index (κ2) is 8.02. The second-order valence-corrected chi connectivity index (χ2v) is 7.62. The molecule has 0 saturated carbocycles. The Morgan fingerprint density at radius 3 is 3.07 bits per heavy atom. The SMILES string of the molecule is CCNC(=NCCc1cc(F)cc2c1OCOC2)N1CCC2(CCOC2)C1. The molecule has 0 aromatic heterocycles. The van der Waals surface area contributed by atoms with Crippen molar-refractivity contribution in [3.8, 4) is 5.75 Å². The summed E-state index contributed by atoms with van der Waals surface area (Å²) < 4.78 is 30.4. The first-order valence-electron chi connectivity index (χ1n) is 9.82. The highest BCUT2D eigenvalue weighted by Gasteiger charge is 2.42. The minimum absolute atomic E-state index is 0.218. The number of nitrogens with one attached hydrogen (secondary N) is 1. The van der Waals surface area contributed by atoms with Gasteiger partial charge in [-0.2, -0.15) is 0 Å². The monoisotopic (exact) mass is 377 g/mol. The predicted octanol–water partition coefficient (Wildman–Crippen LogP) is 2.31. The van der Waals surface area contributed by atoms with Crippen LogP contribution in [0.5, 0.6) is 5.75 Å². The molecule has 1 aromatic rings. The molecule has 6 nitrogen and oxygen atoms in total. The van der Waals surface area contributed by atoms with Crippen molar-refractivity contribution in [3.05, 3.63) is 29.1 Å². The Balaban J connectivity index is 1.43. The van der Waals surface area contributed by atoms with Crippen molar-refractivity contribution in [1.82, 2.24) is 10.2 Å². The summed E-state index contributed by atoms with van der Waals surface area (Å²) in [5.41, 5.74) is 1.93. The second-order valence-electron chi connectivity index (χ2n) is 7.62. The van der Waals surface area contributed by atoms with Crippen LogP contribution in [0.3, 0.4) is 0 Å². The number of nitrogens with zero attached hydrogens (tertiary/aromatic N) is 2. The van der Waals surface area contributed by atoms with Crippen LogP contribution in [0.1, 0.15) is 30.9 Å². The van der Waals surface area contributed by atoms with Crippen LogP contribution < -0.4 is 10.1 Å². The fourth-order valence-electron chi connectivity index (χ4n) is 4.24. The smallest absolute Gasteiger partial charge is 0.193 e. The van der Waals surface area contributed by atoms with Gasteiger partial charge in [-0.15, -0.1) is 0 Å². The molecule has 3 aliphatic rings. The molecule has 1 unspecified atom stereocenters. The molecule has 148 valence electrons. The Kier molecular flexibility index (Phi) is 5.50. The summed E-state index contributed by atoms with van der Waals surface area (Å²) >= 11 is 0. The fraction of sp³-hybridized carbons (Fsp3) is 0.650. The first-order chi connectivity index (χ1) is 13.2. The molecule has 4 rings (SSSR count). The van der Waals surface area contributed by atoms with Crippen LogP contribution in [0.15, 0.2) is 17.1 Å². The van der Waals surface area contributed by atoms with Crippen LogP contribution in [-0.4, -0.2) is 57.0 Å². The number of rotatable bonds is 4. The Hall–Kier alpha value is -1.86.